The van der Waals surface area contributed by atoms with Crippen molar-refractivity contribution in [2.24, 2.45) is 5.92 Å². The van der Waals surface area contributed by atoms with E-state index in [4.69, 9.17) is 0 Å². The van der Waals surface area contributed by atoms with Gasteiger partial charge in [0.25, 0.3) is 5.56 Å². The summed E-state index contributed by atoms with van der Waals surface area (Å²) in [5.41, 5.74) is 4.21. The van der Waals surface area contributed by atoms with Gasteiger partial charge in [0, 0.05) is 19.6 Å². The van der Waals surface area contributed by atoms with Crippen LogP contribution >= 0.6 is 0 Å². The molecule has 1 aromatic heterocycles. The molecule has 1 aliphatic heterocycles. The summed E-state index contributed by atoms with van der Waals surface area (Å²) in [6.45, 7) is 7.41. The predicted octanol–water partition coefficient (Wildman–Crippen LogP) is 2.65. The third kappa shape index (κ3) is 4.60. The molecule has 0 aliphatic carbocycles. The molecule has 1 N–H and O–H groups in total. The predicted molar refractivity (Wildman–Crippen MR) is 118 cm³/mol. The van der Waals surface area contributed by atoms with Crippen molar-refractivity contribution in [1.82, 2.24) is 19.8 Å². The van der Waals surface area contributed by atoms with Gasteiger partial charge in [0.1, 0.15) is 12.2 Å². The molecule has 1 aliphatic rings. The van der Waals surface area contributed by atoms with Crippen molar-refractivity contribution in [3.63, 3.8) is 0 Å². The van der Waals surface area contributed by atoms with E-state index in [0.717, 1.165) is 31.6 Å². The van der Waals surface area contributed by atoms with E-state index in [9.17, 15) is 9.59 Å². The summed E-state index contributed by atoms with van der Waals surface area (Å²) in [5.74, 6) is 0.303. The lowest BCUT2D eigenvalue weighted by Gasteiger charge is -2.17. The lowest BCUT2D eigenvalue weighted by molar-refractivity contribution is -0.121. The number of amides is 1. The lowest BCUT2D eigenvalue weighted by atomic mass is 10.1. The molecule has 30 heavy (non-hydrogen) atoms. The van der Waals surface area contributed by atoms with Crippen LogP contribution in [0.3, 0.4) is 0 Å². The van der Waals surface area contributed by atoms with E-state index in [1.807, 2.05) is 24.3 Å². The summed E-state index contributed by atoms with van der Waals surface area (Å²) >= 11 is 0. The number of para-hydroxylation sites is 2. The van der Waals surface area contributed by atoms with Gasteiger partial charge in [0.2, 0.25) is 5.91 Å². The summed E-state index contributed by atoms with van der Waals surface area (Å²) in [4.78, 5) is 31.9. The molecule has 0 bridgehead atoms. The fourth-order valence-electron chi connectivity index (χ4n) is 4.11. The SMILES string of the molecule is Cc1ccc(CN2CC[C@H](CNC(=O)Cn3c(=O)c(C)nc4ccccc43)C2)cc1. The number of hydrogen-bond donors (Lipinski definition) is 1. The van der Waals surface area contributed by atoms with Crippen LogP contribution in [-0.2, 0) is 17.9 Å². The van der Waals surface area contributed by atoms with Crippen LogP contribution < -0.4 is 10.9 Å². The van der Waals surface area contributed by atoms with Crippen molar-refractivity contribution in [3.8, 4) is 0 Å². The van der Waals surface area contributed by atoms with Gasteiger partial charge >= 0.3 is 0 Å². The highest BCUT2D eigenvalue weighted by Gasteiger charge is 2.23. The Hall–Kier alpha value is -2.99. The average Bonchev–Trinajstić information content (AvgIpc) is 3.19. The first-order valence-electron chi connectivity index (χ1n) is 10.5. The molecule has 1 fully saturated rings. The van der Waals surface area contributed by atoms with E-state index < -0.39 is 0 Å². The number of fused-ring (bicyclic) bond motifs is 1. The second-order valence-electron chi connectivity index (χ2n) is 8.26. The van der Waals surface area contributed by atoms with Crippen molar-refractivity contribution >= 4 is 16.9 Å². The highest BCUT2D eigenvalue weighted by Crippen LogP contribution is 2.18. The Morgan fingerprint density at radius 1 is 1.13 bits per heavy atom. The molecule has 6 heteroatoms. The number of aromatic nitrogens is 2. The van der Waals surface area contributed by atoms with E-state index in [-0.39, 0.29) is 18.0 Å². The molecule has 0 saturated carbocycles. The summed E-state index contributed by atoms with van der Waals surface area (Å²) in [5, 5.41) is 3.03. The van der Waals surface area contributed by atoms with Crippen LogP contribution in [0, 0.1) is 19.8 Å². The number of likely N-dealkylation sites (tertiary alicyclic amines) is 1. The highest BCUT2D eigenvalue weighted by atomic mass is 16.2. The average molecular weight is 405 g/mol. The molecule has 4 rings (SSSR count). The number of carbonyl (C=O) groups excluding carboxylic acids is 1. The van der Waals surface area contributed by atoms with Gasteiger partial charge < -0.3 is 5.32 Å². The number of nitrogens with one attached hydrogen (secondary N) is 1. The summed E-state index contributed by atoms with van der Waals surface area (Å²) in [6, 6.07) is 16.1. The molecule has 3 aromatic rings. The molecule has 0 spiro atoms. The van der Waals surface area contributed by atoms with E-state index >= 15 is 0 Å². The first kappa shape index (κ1) is 20.3. The van der Waals surface area contributed by atoms with E-state index in [2.05, 4.69) is 46.4 Å². The molecular formula is C24H28N4O2. The Balaban J connectivity index is 1.33. The molecule has 0 unspecified atom stereocenters. The number of hydrogen-bond acceptors (Lipinski definition) is 4. The Kier molecular flexibility index (Phi) is 5.95. The van der Waals surface area contributed by atoms with E-state index in [1.165, 1.54) is 15.7 Å². The number of aryl methyl sites for hydroxylation is 2. The van der Waals surface area contributed by atoms with Crippen molar-refractivity contribution in [2.45, 2.75) is 33.4 Å². The Morgan fingerprint density at radius 3 is 2.70 bits per heavy atom. The molecule has 2 heterocycles. The zero-order valence-electron chi connectivity index (χ0n) is 17.6. The van der Waals surface area contributed by atoms with Gasteiger partial charge in [-0.3, -0.25) is 19.1 Å². The molecule has 0 radical (unpaired) electrons. The van der Waals surface area contributed by atoms with Gasteiger partial charge in [-0.1, -0.05) is 42.0 Å². The standard InChI is InChI=1S/C24H28N4O2/c1-17-7-9-19(10-8-17)14-27-12-11-20(15-27)13-25-23(29)16-28-22-6-4-3-5-21(22)26-18(2)24(28)30/h3-10,20H,11-16H2,1-2H3,(H,25,29)/t20-/m1/s1. The van der Waals surface area contributed by atoms with Crippen LogP contribution in [0.25, 0.3) is 11.0 Å². The summed E-state index contributed by atoms with van der Waals surface area (Å²) in [6.07, 6.45) is 1.07. The van der Waals surface area contributed by atoms with Gasteiger partial charge in [0.15, 0.2) is 0 Å². The minimum atomic E-state index is -0.214. The van der Waals surface area contributed by atoms with Crippen molar-refractivity contribution in [1.29, 1.82) is 0 Å². The minimum absolute atomic E-state index is 0.0164. The third-order valence-corrected chi connectivity index (χ3v) is 5.80. The summed E-state index contributed by atoms with van der Waals surface area (Å²) < 4.78 is 1.52. The molecule has 2 aromatic carbocycles. The van der Waals surface area contributed by atoms with Gasteiger partial charge in [0.05, 0.1) is 11.0 Å². The Morgan fingerprint density at radius 2 is 1.90 bits per heavy atom. The van der Waals surface area contributed by atoms with Crippen LogP contribution in [0.5, 0.6) is 0 Å². The van der Waals surface area contributed by atoms with Crippen molar-refractivity contribution in [3.05, 3.63) is 75.7 Å². The topological polar surface area (TPSA) is 67.2 Å². The number of nitrogens with zero attached hydrogens (tertiary/aromatic N) is 3. The maximum Gasteiger partial charge on any atom is 0.272 e. The second kappa shape index (κ2) is 8.79. The van der Waals surface area contributed by atoms with Crippen LogP contribution in [0.15, 0.2) is 53.3 Å². The van der Waals surface area contributed by atoms with Crippen molar-refractivity contribution < 1.29 is 4.79 Å². The molecule has 6 nitrogen and oxygen atoms in total. The van der Waals surface area contributed by atoms with Gasteiger partial charge in [-0.2, -0.15) is 0 Å². The number of benzene rings is 2. The Labute approximate surface area is 176 Å². The lowest BCUT2D eigenvalue weighted by Crippen LogP contribution is -2.36. The Bertz CT molecular complexity index is 1100. The molecule has 1 amide bonds. The quantitative estimate of drug-likeness (QED) is 0.686. The third-order valence-electron chi connectivity index (χ3n) is 5.80. The number of rotatable bonds is 6. The molecular weight excluding hydrogens is 376 g/mol. The molecule has 1 saturated heterocycles. The maximum absolute atomic E-state index is 12.6. The number of carbonyl (C=O) groups is 1. The monoisotopic (exact) mass is 404 g/mol. The zero-order chi connectivity index (χ0) is 21.1. The smallest absolute Gasteiger partial charge is 0.272 e. The highest BCUT2D eigenvalue weighted by molar-refractivity contribution is 5.80. The fourth-order valence-corrected chi connectivity index (χ4v) is 4.11. The minimum Gasteiger partial charge on any atom is -0.354 e. The van der Waals surface area contributed by atoms with Gasteiger partial charge in [-0.25, -0.2) is 4.98 Å². The van der Waals surface area contributed by atoms with Crippen LogP contribution in [0.1, 0.15) is 23.2 Å². The van der Waals surface area contributed by atoms with Gasteiger partial charge in [-0.15, -0.1) is 0 Å². The van der Waals surface area contributed by atoms with Crippen molar-refractivity contribution in [2.75, 3.05) is 19.6 Å². The zero-order valence-corrected chi connectivity index (χ0v) is 17.6. The van der Waals surface area contributed by atoms with Crippen LogP contribution in [-0.4, -0.2) is 40.0 Å². The van der Waals surface area contributed by atoms with Crippen LogP contribution in [0.4, 0.5) is 0 Å². The molecule has 1 atom stereocenters. The maximum atomic E-state index is 12.6. The fraction of sp³-hybridized carbons (Fsp3) is 0.375. The molecule has 156 valence electrons. The largest absolute Gasteiger partial charge is 0.354 e. The van der Waals surface area contributed by atoms with Gasteiger partial charge in [-0.05, 0) is 50.4 Å². The van der Waals surface area contributed by atoms with E-state index in [1.54, 1.807) is 6.92 Å². The van der Waals surface area contributed by atoms with Crippen LogP contribution in [0.2, 0.25) is 0 Å². The van der Waals surface area contributed by atoms with E-state index in [0.29, 0.717) is 23.7 Å². The normalized spacial score (nSPS) is 16.8. The summed E-state index contributed by atoms with van der Waals surface area (Å²) in [7, 11) is 0. The first-order valence-corrected chi connectivity index (χ1v) is 10.5. The second-order valence-corrected chi connectivity index (χ2v) is 8.26. The first-order chi connectivity index (χ1) is 14.5.